The zero-order valence-corrected chi connectivity index (χ0v) is 10.1. The van der Waals surface area contributed by atoms with E-state index >= 15 is 0 Å². The smallest absolute Gasteiger partial charge is 0.388 e. The number of aryl methyl sites for hydroxylation is 1. The topological polar surface area (TPSA) is 50.9 Å². The zero-order valence-electron chi connectivity index (χ0n) is 10.1. The maximum Gasteiger partial charge on any atom is 0.416 e. The van der Waals surface area contributed by atoms with E-state index in [2.05, 4.69) is 10.1 Å². The molecule has 0 bridgehead atoms. The molecule has 19 heavy (non-hydrogen) atoms. The molecule has 0 spiro atoms. The molecule has 0 radical (unpaired) electrons. The molecule has 0 fully saturated rings. The van der Waals surface area contributed by atoms with E-state index < -0.39 is 17.8 Å². The van der Waals surface area contributed by atoms with E-state index in [0.717, 1.165) is 6.07 Å². The highest BCUT2D eigenvalue weighted by Gasteiger charge is 2.34. The normalized spacial score (nSPS) is 13.5. The zero-order chi connectivity index (χ0) is 14.0. The largest absolute Gasteiger partial charge is 0.416 e. The van der Waals surface area contributed by atoms with Gasteiger partial charge in [0.2, 0.25) is 0 Å². The van der Waals surface area contributed by atoms with E-state index in [9.17, 15) is 18.3 Å². The maximum atomic E-state index is 12.8. The summed E-state index contributed by atoms with van der Waals surface area (Å²) < 4.78 is 39.9. The van der Waals surface area contributed by atoms with E-state index in [1.54, 1.807) is 7.05 Å². The molecule has 0 saturated carbocycles. The minimum Gasteiger partial charge on any atom is -0.388 e. The van der Waals surface area contributed by atoms with Gasteiger partial charge in [0.05, 0.1) is 11.7 Å². The van der Waals surface area contributed by atoms with Crippen molar-refractivity contribution in [3.63, 3.8) is 0 Å². The fourth-order valence-electron chi connectivity index (χ4n) is 1.83. The average molecular weight is 271 g/mol. The van der Waals surface area contributed by atoms with Crippen LogP contribution in [0.15, 0.2) is 30.6 Å². The molecule has 0 aliphatic heterocycles. The summed E-state index contributed by atoms with van der Waals surface area (Å²) in [6.07, 6.45) is -4.50. The van der Waals surface area contributed by atoms with Crippen LogP contribution in [-0.2, 0) is 19.6 Å². The Balaban J connectivity index is 2.29. The summed E-state index contributed by atoms with van der Waals surface area (Å²) in [5, 5.41) is 13.8. The number of aromatic nitrogens is 3. The molecule has 2 rings (SSSR count). The van der Waals surface area contributed by atoms with Crippen molar-refractivity contribution in [3.8, 4) is 0 Å². The molecular weight excluding hydrogens is 259 g/mol. The Bertz CT molecular complexity index is 565. The molecule has 0 amide bonds. The van der Waals surface area contributed by atoms with E-state index in [0.29, 0.717) is 5.82 Å². The van der Waals surface area contributed by atoms with Crippen LogP contribution in [0, 0.1) is 0 Å². The Hall–Kier alpha value is -1.89. The molecular formula is C12H12F3N3O. The second kappa shape index (κ2) is 5.00. The van der Waals surface area contributed by atoms with Crippen LogP contribution >= 0.6 is 0 Å². The number of aliphatic hydroxyl groups excluding tert-OH is 1. The highest BCUT2D eigenvalue weighted by atomic mass is 19.4. The minimum absolute atomic E-state index is 0.0242. The van der Waals surface area contributed by atoms with Crippen LogP contribution in [-0.4, -0.2) is 19.9 Å². The second-order valence-corrected chi connectivity index (χ2v) is 4.10. The number of nitrogens with zero attached hydrogens (tertiary/aromatic N) is 3. The van der Waals surface area contributed by atoms with Crippen molar-refractivity contribution >= 4 is 0 Å². The number of rotatable bonds is 3. The molecule has 4 nitrogen and oxygen atoms in total. The predicted molar refractivity (Wildman–Crippen MR) is 61.1 cm³/mol. The number of aliphatic hydroxyl groups is 1. The lowest BCUT2D eigenvalue weighted by molar-refractivity contribution is -0.139. The van der Waals surface area contributed by atoms with Crippen molar-refractivity contribution < 1.29 is 18.3 Å². The van der Waals surface area contributed by atoms with E-state index in [1.807, 2.05) is 0 Å². The molecule has 1 heterocycles. The summed E-state index contributed by atoms with van der Waals surface area (Å²) in [4.78, 5) is 3.88. The molecule has 102 valence electrons. The molecule has 1 aromatic heterocycles. The Morgan fingerprint density at radius 1 is 1.32 bits per heavy atom. The fourth-order valence-corrected chi connectivity index (χ4v) is 1.83. The first kappa shape index (κ1) is 13.5. The van der Waals surface area contributed by atoms with E-state index in [4.69, 9.17) is 0 Å². The molecule has 7 heteroatoms. The van der Waals surface area contributed by atoms with Gasteiger partial charge in [0.25, 0.3) is 0 Å². The second-order valence-electron chi connectivity index (χ2n) is 4.10. The van der Waals surface area contributed by atoms with Crippen LogP contribution in [0.25, 0.3) is 0 Å². The number of halogens is 3. The van der Waals surface area contributed by atoms with Crippen molar-refractivity contribution in [1.82, 2.24) is 14.8 Å². The minimum atomic E-state index is -4.49. The first-order valence-corrected chi connectivity index (χ1v) is 5.56. The molecule has 0 saturated heterocycles. The lowest BCUT2D eigenvalue weighted by atomic mass is 9.99. The van der Waals surface area contributed by atoms with Gasteiger partial charge in [-0.15, -0.1) is 0 Å². The monoisotopic (exact) mass is 271 g/mol. The van der Waals surface area contributed by atoms with E-state index in [-0.39, 0.29) is 12.0 Å². The third-order valence-electron chi connectivity index (χ3n) is 2.81. The van der Waals surface area contributed by atoms with Crippen molar-refractivity contribution in [2.75, 3.05) is 0 Å². The summed E-state index contributed by atoms with van der Waals surface area (Å²) in [5.74, 6) is 0.421. The molecule has 0 aliphatic carbocycles. The van der Waals surface area contributed by atoms with Crippen LogP contribution in [0.5, 0.6) is 0 Å². The number of benzene rings is 1. The van der Waals surface area contributed by atoms with Gasteiger partial charge in [-0.1, -0.05) is 18.2 Å². The Labute approximate surface area is 107 Å². The maximum absolute atomic E-state index is 12.8. The van der Waals surface area contributed by atoms with Crippen LogP contribution in [0.4, 0.5) is 13.2 Å². The summed E-state index contributed by atoms with van der Waals surface area (Å²) in [7, 11) is 1.62. The van der Waals surface area contributed by atoms with Gasteiger partial charge in [0.15, 0.2) is 0 Å². The predicted octanol–water partition coefficient (Wildman–Crippen LogP) is 2.11. The van der Waals surface area contributed by atoms with Crippen molar-refractivity contribution in [1.29, 1.82) is 0 Å². The number of alkyl halides is 3. The van der Waals surface area contributed by atoms with Gasteiger partial charge in [-0.3, -0.25) is 4.68 Å². The molecule has 1 atom stereocenters. The highest BCUT2D eigenvalue weighted by Crippen LogP contribution is 2.35. The summed E-state index contributed by atoms with van der Waals surface area (Å²) in [6.45, 7) is 0. The van der Waals surface area contributed by atoms with Gasteiger partial charge in [0.1, 0.15) is 12.2 Å². The molecule has 0 aliphatic rings. The third kappa shape index (κ3) is 2.93. The molecule has 1 unspecified atom stereocenters. The van der Waals surface area contributed by atoms with Gasteiger partial charge < -0.3 is 5.11 Å². The van der Waals surface area contributed by atoms with Crippen LogP contribution in [0.3, 0.4) is 0 Å². The Kier molecular flexibility index (Phi) is 3.57. The van der Waals surface area contributed by atoms with Gasteiger partial charge in [0, 0.05) is 13.5 Å². The van der Waals surface area contributed by atoms with Gasteiger partial charge in [-0.25, -0.2) is 4.98 Å². The van der Waals surface area contributed by atoms with E-state index in [1.165, 1.54) is 29.2 Å². The Morgan fingerprint density at radius 2 is 2.00 bits per heavy atom. The number of hydrogen-bond donors (Lipinski definition) is 1. The van der Waals surface area contributed by atoms with Gasteiger partial charge in [-0.05, 0) is 11.6 Å². The van der Waals surface area contributed by atoms with Crippen molar-refractivity contribution in [3.05, 3.63) is 47.5 Å². The first-order valence-electron chi connectivity index (χ1n) is 5.56. The molecule has 1 aromatic carbocycles. The van der Waals surface area contributed by atoms with Gasteiger partial charge in [-0.2, -0.15) is 18.3 Å². The van der Waals surface area contributed by atoms with Crippen molar-refractivity contribution in [2.24, 2.45) is 7.05 Å². The number of hydrogen-bond acceptors (Lipinski definition) is 3. The van der Waals surface area contributed by atoms with Crippen LogP contribution in [0.2, 0.25) is 0 Å². The highest BCUT2D eigenvalue weighted by molar-refractivity contribution is 5.31. The standard InChI is InChI=1S/C12H12F3N3O/c1-18-11(16-7-17-18)6-10(19)8-4-2-3-5-9(8)12(13,14)15/h2-5,7,10,19H,6H2,1H3. The lowest BCUT2D eigenvalue weighted by Crippen LogP contribution is -2.14. The first-order chi connectivity index (χ1) is 8.89. The van der Waals surface area contributed by atoms with Crippen LogP contribution < -0.4 is 0 Å². The van der Waals surface area contributed by atoms with Crippen LogP contribution in [0.1, 0.15) is 23.1 Å². The third-order valence-corrected chi connectivity index (χ3v) is 2.81. The average Bonchev–Trinajstić information content (AvgIpc) is 2.74. The SMILES string of the molecule is Cn1ncnc1CC(O)c1ccccc1C(F)(F)F. The summed E-state index contributed by atoms with van der Waals surface area (Å²) >= 11 is 0. The molecule has 2 aromatic rings. The summed E-state index contributed by atoms with van der Waals surface area (Å²) in [6, 6.07) is 4.98. The molecule has 1 N–H and O–H groups in total. The Morgan fingerprint density at radius 3 is 2.58 bits per heavy atom. The van der Waals surface area contributed by atoms with Crippen molar-refractivity contribution in [2.45, 2.75) is 18.7 Å². The lowest BCUT2D eigenvalue weighted by Gasteiger charge is -2.17. The summed E-state index contributed by atoms with van der Waals surface area (Å²) in [5.41, 5.74) is -0.984. The van der Waals surface area contributed by atoms with Gasteiger partial charge >= 0.3 is 6.18 Å². The fraction of sp³-hybridized carbons (Fsp3) is 0.333. The quantitative estimate of drug-likeness (QED) is 0.930.